The van der Waals surface area contributed by atoms with Gasteiger partial charge in [-0.1, -0.05) is 200 Å². The van der Waals surface area contributed by atoms with Crippen LogP contribution in [0.4, 0.5) is 17.1 Å². The molecule has 0 aliphatic carbocycles. The highest BCUT2D eigenvalue weighted by molar-refractivity contribution is 7.20. The molecule has 4 heteroatoms. The van der Waals surface area contributed by atoms with Crippen molar-refractivity contribution >= 4 is 89.5 Å². The third kappa shape index (κ3) is 6.80. The number of anilines is 3. The Kier molecular flexibility index (Phi) is 10.2. The molecule has 3 nitrogen and oxygen atoms in total. The van der Waals surface area contributed by atoms with Gasteiger partial charge in [-0.25, -0.2) is 0 Å². The molecule has 13 aromatic rings. The van der Waals surface area contributed by atoms with E-state index in [2.05, 4.69) is 299 Å². The number of hydrogen-bond acceptors (Lipinski definition) is 1. The molecular formula is C66H47N3Si. The average molecular weight is 910 g/mol. The highest BCUT2D eigenvalue weighted by Crippen LogP contribution is 2.43. The van der Waals surface area contributed by atoms with Gasteiger partial charge in [0.15, 0.2) is 8.07 Å². The van der Waals surface area contributed by atoms with Crippen LogP contribution in [0, 0.1) is 0 Å². The molecule has 13 rings (SSSR count). The van der Waals surface area contributed by atoms with E-state index in [9.17, 15) is 0 Å². The third-order valence-corrected chi connectivity index (χ3v) is 19.0. The zero-order chi connectivity index (χ0) is 46.4. The molecule has 0 radical (unpaired) electrons. The summed E-state index contributed by atoms with van der Waals surface area (Å²) < 4.78 is 4.83. The quantitative estimate of drug-likeness (QED) is 0.0984. The number of para-hydroxylation sites is 3. The Morgan fingerprint density at radius 3 is 1.10 bits per heavy atom. The van der Waals surface area contributed by atoms with Crippen LogP contribution in [0.25, 0.3) is 66.1 Å². The Bertz CT molecular complexity index is 3870. The van der Waals surface area contributed by atoms with Crippen LogP contribution in [0.3, 0.4) is 0 Å². The van der Waals surface area contributed by atoms with E-state index >= 15 is 0 Å². The van der Waals surface area contributed by atoms with Gasteiger partial charge in [0.25, 0.3) is 0 Å². The summed E-state index contributed by atoms with van der Waals surface area (Å²) in [5, 5.41) is 10.3. The minimum atomic E-state index is -2.84. The van der Waals surface area contributed by atoms with Crippen molar-refractivity contribution in [3.05, 3.63) is 285 Å². The molecular weight excluding hydrogens is 863 g/mol. The molecule has 70 heavy (non-hydrogen) atoms. The Balaban J connectivity index is 1.07. The maximum Gasteiger partial charge on any atom is 0.179 e. The first kappa shape index (κ1) is 41.2. The van der Waals surface area contributed by atoms with E-state index < -0.39 is 8.07 Å². The predicted octanol–water partition coefficient (Wildman–Crippen LogP) is 14.4. The smallest absolute Gasteiger partial charge is 0.179 e. The molecule has 330 valence electrons. The molecule has 0 aliphatic heterocycles. The van der Waals surface area contributed by atoms with Gasteiger partial charge in [-0.15, -0.1) is 0 Å². The van der Waals surface area contributed by atoms with Crippen molar-refractivity contribution < 1.29 is 0 Å². The standard InChI is InChI=1S/C66H47N3Si/c1-7-21-48(22-8-1)49-35-37-52(38-36-49)67(53-39-42-64-60(45-53)59-33-19-20-34-63(59)68(64)50-23-9-2-10-24-50)54-40-43-65-61(46-54)62-47-58(41-44-66(62)69(65)51-25-11-3-12-26-51)70(55-27-13-4-14-28-55,56-29-15-5-16-30-56)57-31-17-6-18-32-57/h1-47H. The molecule has 11 aromatic carbocycles. The lowest BCUT2D eigenvalue weighted by Crippen LogP contribution is -2.74. The van der Waals surface area contributed by atoms with Crippen LogP contribution in [0.15, 0.2) is 285 Å². The highest BCUT2D eigenvalue weighted by atomic mass is 28.3. The predicted molar refractivity (Wildman–Crippen MR) is 299 cm³/mol. The first-order valence-electron chi connectivity index (χ1n) is 24.1. The second kappa shape index (κ2) is 17.3. The van der Waals surface area contributed by atoms with E-state index in [1.807, 2.05) is 0 Å². The van der Waals surface area contributed by atoms with Crippen molar-refractivity contribution in [2.24, 2.45) is 0 Å². The van der Waals surface area contributed by atoms with Gasteiger partial charge in [0.2, 0.25) is 0 Å². The summed E-state index contributed by atoms with van der Waals surface area (Å²) >= 11 is 0. The monoisotopic (exact) mass is 909 g/mol. The van der Waals surface area contributed by atoms with E-state index in [-0.39, 0.29) is 0 Å². The third-order valence-electron chi connectivity index (χ3n) is 14.2. The fraction of sp³-hybridized carbons (Fsp3) is 0. The molecule has 0 saturated carbocycles. The fourth-order valence-electron chi connectivity index (χ4n) is 11.1. The number of fused-ring (bicyclic) bond motifs is 6. The van der Waals surface area contributed by atoms with E-state index in [4.69, 9.17) is 0 Å². The zero-order valence-corrected chi connectivity index (χ0v) is 39.5. The minimum absolute atomic E-state index is 1.08. The number of rotatable bonds is 10. The first-order valence-corrected chi connectivity index (χ1v) is 26.1. The van der Waals surface area contributed by atoms with E-state index in [1.165, 1.54) is 70.0 Å². The Morgan fingerprint density at radius 1 is 0.243 bits per heavy atom. The van der Waals surface area contributed by atoms with Gasteiger partial charge < -0.3 is 14.0 Å². The lowest BCUT2D eigenvalue weighted by atomic mass is 10.0. The second-order valence-electron chi connectivity index (χ2n) is 18.1. The van der Waals surface area contributed by atoms with Crippen molar-refractivity contribution in [3.8, 4) is 22.5 Å². The SMILES string of the molecule is c1ccc(-c2ccc(N(c3ccc4c(c3)c3ccccc3n4-c3ccccc3)c3ccc4c(c3)c3cc([Si](c5ccccc5)(c5ccccc5)c5ccccc5)ccc3n4-c3ccccc3)cc2)cc1. The topological polar surface area (TPSA) is 13.1 Å². The molecule has 0 N–H and O–H groups in total. The summed E-state index contributed by atoms with van der Waals surface area (Å²) in [5.41, 5.74) is 12.6. The average Bonchev–Trinajstić information content (AvgIpc) is 3.95. The van der Waals surface area contributed by atoms with Gasteiger partial charge in [-0.05, 0) is 117 Å². The second-order valence-corrected chi connectivity index (χ2v) is 21.9. The molecule has 2 heterocycles. The lowest BCUT2D eigenvalue weighted by Gasteiger charge is -2.34. The molecule has 2 aromatic heterocycles. The number of hydrogen-bond donors (Lipinski definition) is 0. The van der Waals surface area contributed by atoms with Gasteiger partial charge in [0.1, 0.15) is 0 Å². The molecule has 0 unspecified atom stereocenters. The van der Waals surface area contributed by atoms with Crippen LogP contribution in [-0.4, -0.2) is 17.2 Å². The summed E-state index contributed by atoms with van der Waals surface area (Å²) in [5.74, 6) is 0. The lowest BCUT2D eigenvalue weighted by molar-refractivity contribution is 1.18. The normalized spacial score (nSPS) is 11.7. The van der Waals surface area contributed by atoms with Crippen molar-refractivity contribution in [1.29, 1.82) is 0 Å². The summed E-state index contributed by atoms with van der Waals surface area (Å²) in [6, 6.07) is 105. The van der Waals surface area contributed by atoms with Gasteiger partial charge >= 0.3 is 0 Å². The van der Waals surface area contributed by atoms with E-state index in [0.717, 1.165) is 34.0 Å². The molecule has 0 bridgehead atoms. The maximum atomic E-state index is 2.53. The van der Waals surface area contributed by atoms with Crippen LogP contribution >= 0.6 is 0 Å². The van der Waals surface area contributed by atoms with Gasteiger partial charge in [0, 0.05) is 50.0 Å². The highest BCUT2D eigenvalue weighted by Gasteiger charge is 2.41. The van der Waals surface area contributed by atoms with E-state index in [1.54, 1.807) is 0 Å². The largest absolute Gasteiger partial charge is 0.310 e. The van der Waals surface area contributed by atoms with Crippen molar-refractivity contribution in [1.82, 2.24) is 9.13 Å². The number of benzene rings is 11. The van der Waals surface area contributed by atoms with Crippen LogP contribution in [0.1, 0.15) is 0 Å². The van der Waals surface area contributed by atoms with Crippen LogP contribution < -0.4 is 25.6 Å². The Labute approximate surface area is 409 Å². The van der Waals surface area contributed by atoms with Crippen molar-refractivity contribution in [2.75, 3.05) is 4.90 Å². The van der Waals surface area contributed by atoms with Gasteiger partial charge in [-0.2, -0.15) is 0 Å². The van der Waals surface area contributed by atoms with Crippen LogP contribution in [0.5, 0.6) is 0 Å². The summed E-state index contributed by atoms with van der Waals surface area (Å²) in [7, 11) is -2.84. The van der Waals surface area contributed by atoms with Gasteiger partial charge in [0.05, 0.1) is 22.1 Å². The molecule has 0 fully saturated rings. The zero-order valence-electron chi connectivity index (χ0n) is 38.5. The minimum Gasteiger partial charge on any atom is -0.310 e. The fourth-order valence-corrected chi connectivity index (χ4v) is 15.9. The molecule has 0 atom stereocenters. The summed E-state index contributed by atoms with van der Waals surface area (Å²) in [6.07, 6.45) is 0. The first-order chi connectivity index (χ1) is 34.7. The molecule has 0 aliphatic rings. The molecule has 0 spiro atoms. The molecule has 0 amide bonds. The Morgan fingerprint density at radius 2 is 0.600 bits per heavy atom. The molecule has 0 saturated heterocycles. The van der Waals surface area contributed by atoms with Crippen LogP contribution in [0.2, 0.25) is 0 Å². The Hall–Kier alpha value is -8.96. The summed E-state index contributed by atoms with van der Waals surface area (Å²) in [6.45, 7) is 0. The summed E-state index contributed by atoms with van der Waals surface area (Å²) in [4.78, 5) is 2.44. The van der Waals surface area contributed by atoms with Crippen molar-refractivity contribution in [2.45, 2.75) is 0 Å². The number of nitrogens with zero attached hydrogens (tertiary/aromatic N) is 3. The van der Waals surface area contributed by atoms with Crippen molar-refractivity contribution in [3.63, 3.8) is 0 Å². The number of aromatic nitrogens is 2. The van der Waals surface area contributed by atoms with Gasteiger partial charge in [-0.3, -0.25) is 0 Å². The van der Waals surface area contributed by atoms with E-state index in [0.29, 0.717) is 0 Å². The van der Waals surface area contributed by atoms with Crippen LogP contribution in [-0.2, 0) is 0 Å². The maximum absolute atomic E-state index is 2.84.